The molecule has 96 valence electrons. The number of nitrogens with zero attached hydrogens (tertiary/aromatic N) is 1. The van der Waals surface area contributed by atoms with Crippen LogP contribution in [0.2, 0.25) is 0 Å². The van der Waals surface area contributed by atoms with Crippen LogP contribution in [0.1, 0.15) is 59.8 Å². The smallest absolute Gasteiger partial charge is 0.0326 e. The van der Waals surface area contributed by atoms with E-state index in [-0.39, 0.29) is 5.54 Å². The first-order valence-corrected chi connectivity index (χ1v) is 7.01. The van der Waals surface area contributed by atoms with Crippen LogP contribution in [0.4, 0.5) is 0 Å². The van der Waals surface area contributed by atoms with E-state index in [4.69, 9.17) is 5.73 Å². The van der Waals surface area contributed by atoms with Crippen LogP contribution in [0.25, 0.3) is 0 Å². The van der Waals surface area contributed by atoms with Crippen LogP contribution < -0.4 is 5.73 Å². The summed E-state index contributed by atoms with van der Waals surface area (Å²) in [4.78, 5) is 2.66. The van der Waals surface area contributed by atoms with Gasteiger partial charge in [0, 0.05) is 12.1 Å². The third-order valence-corrected chi connectivity index (χ3v) is 5.19. The molecule has 2 heteroatoms. The molecule has 1 saturated heterocycles. The van der Waals surface area contributed by atoms with Gasteiger partial charge < -0.3 is 5.73 Å². The molecule has 0 spiro atoms. The van der Waals surface area contributed by atoms with Crippen molar-refractivity contribution < 1.29 is 0 Å². The first-order chi connectivity index (χ1) is 7.55. The molecule has 1 fully saturated rings. The Morgan fingerprint density at radius 2 is 1.62 bits per heavy atom. The minimum Gasteiger partial charge on any atom is -0.329 e. The van der Waals surface area contributed by atoms with Crippen LogP contribution in [-0.4, -0.2) is 30.1 Å². The van der Waals surface area contributed by atoms with Gasteiger partial charge in [-0.3, -0.25) is 4.90 Å². The standard InChI is InChI=1S/C14H30N2/c1-5-13(4)8-10-16(11-9-13)14(6-2,7-3)12-15/h5-12,15H2,1-4H3. The van der Waals surface area contributed by atoms with E-state index in [0.29, 0.717) is 5.41 Å². The highest BCUT2D eigenvalue weighted by Gasteiger charge is 2.37. The zero-order chi connectivity index (χ0) is 12.2. The lowest BCUT2D eigenvalue weighted by Gasteiger charge is -2.48. The summed E-state index contributed by atoms with van der Waals surface area (Å²) in [7, 11) is 0. The average molecular weight is 226 g/mol. The van der Waals surface area contributed by atoms with Gasteiger partial charge in [-0.25, -0.2) is 0 Å². The van der Waals surface area contributed by atoms with Gasteiger partial charge in [0.2, 0.25) is 0 Å². The molecule has 0 bridgehead atoms. The van der Waals surface area contributed by atoms with Crippen LogP contribution in [-0.2, 0) is 0 Å². The number of hydrogen-bond acceptors (Lipinski definition) is 2. The second kappa shape index (κ2) is 5.50. The molecule has 0 unspecified atom stereocenters. The quantitative estimate of drug-likeness (QED) is 0.781. The maximum absolute atomic E-state index is 6.02. The molecular formula is C14H30N2. The van der Waals surface area contributed by atoms with Gasteiger partial charge in [-0.2, -0.15) is 0 Å². The zero-order valence-corrected chi connectivity index (χ0v) is 11.7. The third kappa shape index (κ3) is 2.60. The van der Waals surface area contributed by atoms with Crippen molar-refractivity contribution >= 4 is 0 Å². The molecule has 0 aromatic carbocycles. The fraction of sp³-hybridized carbons (Fsp3) is 1.00. The van der Waals surface area contributed by atoms with Crippen LogP contribution in [0.5, 0.6) is 0 Å². The molecule has 1 rings (SSSR count). The highest BCUT2D eigenvalue weighted by molar-refractivity contribution is 4.93. The molecule has 2 nitrogen and oxygen atoms in total. The maximum atomic E-state index is 6.02. The molecule has 0 aliphatic carbocycles. The Bertz CT molecular complexity index is 193. The lowest BCUT2D eigenvalue weighted by atomic mass is 9.76. The average Bonchev–Trinajstić information content (AvgIpc) is 2.34. The van der Waals surface area contributed by atoms with Gasteiger partial charge in [0.15, 0.2) is 0 Å². The van der Waals surface area contributed by atoms with Gasteiger partial charge in [-0.1, -0.05) is 34.1 Å². The first-order valence-electron chi connectivity index (χ1n) is 7.01. The lowest BCUT2D eigenvalue weighted by Crippen LogP contribution is -2.56. The summed E-state index contributed by atoms with van der Waals surface area (Å²) in [5.74, 6) is 0. The Morgan fingerprint density at radius 3 is 1.94 bits per heavy atom. The molecular weight excluding hydrogens is 196 g/mol. The van der Waals surface area contributed by atoms with Gasteiger partial charge in [0.25, 0.3) is 0 Å². The Morgan fingerprint density at radius 1 is 1.12 bits per heavy atom. The molecule has 0 amide bonds. The van der Waals surface area contributed by atoms with Crippen molar-refractivity contribution in [3.63, 3.8) is 0 Å². The number of hydrogen-bond donors (Lipinski definition) is 1. The van der Waals surface area contributed by atoms with E-state index in [9.17, 15) is 0 Å². The molecule has 0 atom stereocenters. The highest BCUT2D eigenvalue weighted by atomic mass is 15.2. The molecule has 0 saturated carbocycles. The van der Waals surface area contributed by atoms with Gasteiger partial charge in [-0.15, -0.1) is 0 Å². The second-order valence-electron chi connectivity index (χ2n) is 5.79. The number of piperidine rings is 1. The van der Waals surface area contributed by atoms with Crippen LogP contribution >= 0.6 is 0 Å². The Labute approximate surface area is 102 Å². The fourth-order valence-corrected chi connectivity index (χ4v) is 2.99. The first kappa shape index (κ1) is 14.0. The summed E-state index contributed by atoms with van der Waals surface area (Å²) in [6, 6.07) is 0. The summed E-state index contributed by atoms with van der Waals surface area (Å²) in [6.07, 6.45) is 6.36. The van der Waals surface area contributed by atoms with E-state index in [0.717, 1.165) is 6.54 Å². The number of rotatable bonds is 5. The van der Waals surface area contributed by atoms with Crippen LogP contribution in [0.3, 0.4) is 0 Å². The van der Waals surface area contributed by atoms with Crippen LogP contribution in [0, 0.1) is 5.41 Å². The Hall–Kier alpha value is -0.0800. The summed E-state index contributed by atoms with van der Waals surface area (Å²) in [5, 5.41) is 0. The lowest BCUT2D eigenvalue weighted by molar-refractivity contribution is 0.0199. The predicted molar refractivity (Wildman–Crippen MR) is 71.6 cm³/mol. The molecule has 0 radical (unpaired) electrons. The largest absolute Gasteiger partial charge is 0.329 e. The molecule has 1 aliphatic heterocycles. The van der Waals surface area contributed by atoms with E-state index < -0.39 is 0 Å². The van der Waals surface area contributed by atoms with E-state index in [1.165, 1.54) is 45.2 Å². The van der Waals surface area contributed by atoms with E-state index in [2.05, 4.69) is 32.6 Å². The predicted octanol–water partition coefficient (Wildman–Crippen LogP) is 3.02. The highest BCUT2D eigenvalue weighted by Crippen LogP contribution is 2.37. The Kier molecular flexibility index (Phi) is 4.81. The van der Waals surface area contributed by atoms with Gasteiger partial charge in [-0.05, 0) is 44.2 Å². The van der Waals surface area contributed by atoms with Gasteiger partial charge in [0.1, 0.15) is 0 Å². The monoisotopic (exact) mass is 226 g/mol. The minimum atomic E-state index is 0.273. The summed E-state index contributed by atoms with van der Waals surface area (Å²) in [6.45, 7) is 12.6. The van der Waals surface area contributed by atoms with Crippen molar-refractivity contribution in [1.29, 1.82) is 0 Å². The molecule has 0 aromatic heterocycles. The summed E-state index contributed by atoms with van der Waals surface area (Å²) >= 11 is 0. The van der Waals surface area contributed by atoms with Crippen molar-refractivity contribution in [3.8, 4) is 0 Å². The normalized spacial score (nSPS) is 22.3. The molecule has 0 aromatic rings. The van der Waals surface area contributed by atoms with Crippen molar-refractivity contribution in [2.45, 2.75) is 65.3 Å². The van der Waals surface area contributed by atoms with E-state index in [1.54, 1.807) is 0 Å². The topological polar surface area (TPSA) is 29.3 Å². The molecule has 2 N–H and O–H groups in total. The molecule has 1 heterocycles. The zero-order valence-electron chi connectivity index (χ0n) is 11.7. The minimum absolute atomic E-state index is 0.273. The van der Waals surface area contributed by atoms with E-state index >= 15 is 0 Å². The summed E-state index contributed by atoms with van der Waals surface area (Å²) in [5.41, 5.74) is 6.87. The van der Waals surface area contributed by atoms with E-state index in [1.807, 2.05) is 0 Å². The SMILES string of the molecule is CCC1(C)CCN(C(CC)(CC)CN)CC1. The van der Waals surface area contributed by atoms with Crippen molar-refractivity contribution in [2.75, 3.05) is 19.6 Å². The fourth-order valence-electron chi connectivity index (χ4n) is 2.99. The number of likely N-dealkylation sites (tertiary alicyclic amines) is 1. The third-order valence-electron chi connectivity index (χ3n) is 5.19. The van der Waals surface area contributed by atoms with Gasteiger partial charge in [0.05, 0.1) is 0 Å². The van der Waals surface area contributed by atoms with Crippen LogP contribution in [0.15, 0.2) is 0 Å². The Balaban J connectivity index is 2.64. The van der Waals surface area contributed by atoms with Gasteiger partial charge >= 0.3 is 0 Å². The van der Waals surface area contributed by atoms with Crippen molar-refractivity contribution in [3.05, 3.63) is 0 Å². The van der Waals surface area contributed by atoms with Crippen molar-refractivity contribution in [1.82, 2.24) is 4.90 Å². The van der Waals surface area contributed by atoms with Crippen molar-refractivity contribution in [2.24, 2.45) is 11.1 Å². The maximum Gasteiger partial charge on any atom is 0.0326 e. The molecule has 16 heavy (non-hydrogen) atoms. The summed E-state index contributed by atoms with van der Waals surface area (Å²) < 4.78 is 0. The number of nitrogens with two attached hydrogens (primary N) is 1. The molecule has 1 aliphatic rings. The second-order valence-corrected chi connectivity index (χ2v) is 5.79.